The Bertz CT molecular complexity index is 203. The highest BCUT2D eigenvalue weighted by molar-refractivity contribution is 14.1. The van der Waals surface area contributed by atoms with Gasteiger partial charge in [0.15, 0.2) is 0 Å². The lowest BCUT2D eigenvalue weighted by Crippen LogP contribution is -2.18. The van der Waals surface area contributed by atoms with Gasteiger partial charge >= 0.3 is 0 Å². The summed E-state index contributed by atoms with van der Waals surface area (Å²) in [7, 11) is 0. The molecule has 2 nitrogen and oxygen atoms in total. The zero-order valence-electron chi connectivity index (χ0n) is 5.76. The number of aliphatic hydroxyl groups excluding tert-OH is 1. The summed E-state index contributed by atoms with van der Waals surface area (Å²) in [6.45, 7) is 0. The van der Waals surface area contributed by atoms with Crippen molar-refractivity contribution in [3.63, 3.8) is 0 Å². The summed E-state index contributed by atoms with van der Waals surface area (Å²) in [6.07, 6.45) is 2.65. The summed E-state index contributed by atoms with van der Waals surface area (Å²) < 4.78 is 0.827. The highest BCUT2D eigenvalue weighted by atomic mass is 127. The third-order valence-corrected chi connectivity index (χ3v) is 3.08. The number of halogens is 2. The number of aliphatic hydroxyl groups is 1. The fourth-order valence-corrected chi connectivity index (χ4v) is 1.96. The van der Waals surface area contributed by atoms with E-state index in [4.69, 9.17) is 11.6 Å². The van der Waals surface area contributed by atoms with Crippen LogP contribution >= 0.6 is 34.2 Å². The van der Waals surface area contributed by atoms with E-state index in [1.54, 1.807) is 6.08 Å². The van der Waals surface area contributed by atoms with Crippen molar-refractivity contribution < 1.29 is 9.90 Å². The van der Waals surface area contributed by atoms with Crippen LogP contribution in [0.4, 0.5) is 0 Å². The first-order chi connectivity index (χ1) is 5.11. The lowest BCUT2D eigenvalue weighted by atomic mass is 9.95. The van der Waals surface area contributed by atoms with Crippen LogP contribution < -0.4 is 0 Å². The topological polar surface area (TPSA) is 37.3 Å². The largest absolute Gasteiger partial charge is 0.388 e. The second kappa shape index (κ2) is 3.87. The van der Waals surface area contributed by atoms with E-state index in [2.05, 4.69) is 0 Å². The summed E-state index contributed by atoms with van der Waals surface area (Å²) in [5, 5.41) is 8.92. The monoisotopic (exact) mass is 286 g/mol. The summed E-state index contributed by atoms with van der Waals surface area (Å²) in [5.41, 5.74) is 0. The molecule has 1 N–H and O–H groups in total. The van der Waals surface area contributed by atoms with Gasteiger partial charge in [-0.05, 0) is 47.0 Å². The van der Waals surface area contributed by atoms with E-state index in [1.165, 1.54) is 0 Å². The average molecular weight is 286 g/mol. The van der Waals surface area contributed by atoms with E-state index >= 15 is 0 Å². The third kappa shape index (κ3) is 2.42. The molecule has 1 aliphatic carbocycles. The average Bonchev–Trinajstić information content (AvgIpc) is 1.94. The molecule has 2 unspecified atom stereocenters. The molecule has 0 aromatic rings. The molecule has 62 valence electrons. The molecular weight excluding hydrogens is 278 g/mol. The van der Waals surface area contributed by atoms with Gasteiger partial charge in [-0.15, -0.1) is 0 Å². The molecule has 11 heavy (non-hydrogen) atoms. The molecule has 0 saturated heterocycles. The number of carbonyl (C=O) groups excluding carboxylic acids is 1. The van der Waals surface area contributed by atoms with Crippen LogP contribution in [0.1, 0.15) is 12.8 Å². The van der Waals surface area contributed by atoms with E-state index in [0.717, 1.165) is 3.58 Å². The van der Waals surface area contributed by atoms with Gasteiger partial charge in [0.25, 0.3) is 0 Å². The Morgan fingerprint density at radius 1 is 1.73 bits per heavy atom. The minimum atomic E-state index is -0.386. The third-order valence-electron chi connectivity index (χ3n) is 1.72. The zero-order chi connectivity index (χ0) is 8.43. The standard InChI is InChI=1S/C7H8ClIO2/c8-7(11)4-1-2-6(10)5(9)3-4/h3-4,6,10H,1-2H2. The van der Waals surface area contributed by atoms with Crippen molar-refractivity contribution in [1.29, 1.82) is 0 Å². The number of hydrogen-bond donors (Lipinski definition) is 1. The highest BCUT2D eigenvalue weighted by Gasteiger charge is 2.22. The fraction of sp³-hybridized carbons (Fsp3) is 0.571. The van der Waals surface area contributed by atoms with Crippen molar-refractivity contribution in [2.24, 2.45) is 5.92 Å². The minimum absolute atomic E-state index is 0.188. The number of allylic oxidation sites excluding steroid dienone is 1. The molecule has 0 bridgehead atoms. The van der Waals surface area contributed by atoms with Gasteiger partial charge in [0.05, 0.1) is 12.0 Å². The van der Waals surface area contributed by atoms with Crippen LogP contribution in [0.3, 0.4) is 0 Å². The fourth-order valence-electron chi connectivity index (χ4n) is 1.04. The first kappa shape index (κ1) is 9.48. The second-order valence-corrected chi connectivity index (χ2v) is 4.17. The van der Waals surface area contributed by atoms with Crippen molar-refractivity contribution in [3.05, 3.63) is 9.66 Å². The molecule has 0 heterocycles. The predicted octanol–water partition coefficient (Wildman–Crippen LogP) is 1.84. The van der Waals surface area contributed by atoms with Gasteiger partial charge in [0.1, 0.15) is 0 Å². The maximum atomic E-state index is 10.7. The first-order valence-corrected chi connectivity index (χ1v) is 4.81. The molecule has 0 spiro atoms. The Morgan fingerprint density at radius 3 is 2.82 bits per heavy atom. The van der Waals surface area contributed by atoms with Gasteiger partial charge < -0.3 is 5.11 Å². The molecule has 4 heteroatoms. The van der Waals surface area contributed by atoms with Gasteiger partial charge in [-0.25, -0.2) is 0 Å². The van der Waals surface area contributed by atoms with Gasteiger partial charge in [-0.2, -0.15) is 0 Å². The highest BCUT2D eigenvalue weighted by Crippen LogP contribution is 2.28. The number of hydrogen-bond acceptors (Lipinski definition) is 2. The maximum absolute atomic E-state index is 10.7. The molecule has 1 aliphatic rings. The van der Waals surface area contributed by atoms with E-state index < -0.39 is 0 Å². The van der Waals surface area contributed by atoms with Crippen LogP contribution in [-0.4, -0.2) is 16.5 Å². The van der Waals surface area contributed by atoms with Gasteiger partial charge in [0.2, 0.25) is 5.24 Å². The van der Waals surface area contributed by atoms with Crippen molar-refractivity contribution in [3.8, 4) is 0 Å². The molecule has 0 fully saturated rings. The molecule has 0 aromatic heterocycles. The molecule has 1 rings (SSSR count). The summed E-state index contributed by atoms with van der Waals surface area (Å²) >= 11 is 7.33. The van der Waals surface area contributed by atoms with E-state index in [0.29, 0.717) is 12.8 Å². The summed E-state index contributed by atoms with van der Waals surface area (Å²) in [4.78, 5) is 10.7. The smallest absolute Gasteiger partial charge is 0.228 e. The van der Waals surface area contributed by atoms with Crippen LogP contribution in [0.25, 0.3) is 0 Å². The predicted molar refractivity (Wildman–Crippen MR) is 51.7 cm³/mol. The number of rotatable bonds is 1. The Kier molecular flexibility index (Phi) is 3.33. The minimum Gasteiger partial charge on any atom is -0.388 e. The SMILES string of the molecule is O=C(Cl)C1C=C(I)C(O)CC1. The molecule has 0 saturated carbocycles. The van der Waals surface area contributed by atoms with Crippen LogP contribution in [0.2, 0.25) is 0 Å². The maximum Gasteiger partial charge on any atom is 0.228 e. The van der Waals surface area contributed by atoms with Crippen LogP contribution in [0.5, 0.6) is 0 Å². The Labute approximate surface area is 83.8 Å². The Balaban J connectivity index is 2.69. The molecule has 0 amide bonds. The quantitative estimate of drug-likeness (QED) is 0.590. The first-order valence-electron chi connectivity index (χ1n) is 3.36. The lowest BCUT2D eigenvalue weighted by molar-refractivity contribution is -0.114. The van der Waals surface area contributed by atoms with Crippen molar-refractivity contribution in [1.82, 2.24) is 0 Å². The number of carbonyl (C=O) groups is 1. The van der Waals surface area contributed by atoms with E-state index in [1.807, 2.05) is 22.6 Å². The van der Waals surface area contributed by atoms with Crippen LogP contribution in [-0.2, 0) is 4.79 Å². The van der Waals surface area contributed by atoms with E-state index in [-0.39, 0.29) is 17.3 Å². The Hall–Kier alpha value is 0.390. The van der Waals surface area contributed by atoms with Gasteiger partial charge in [-0.3, -0.25) is 4.79 Å². The van der Waals surface area contributed by atoms with Crippen molar-refractivity contribution in [2.75, 3.05) is 0 Å². The normalized spacial score (nSPS) is 31.4. The Morgan fingerprint density at radius 2 is 2.36 bits per heavy atom. The van der Waals surface area contributed by atoms with Crippen LogP contribution in [0, 0.1) is 5.92 Å². The summed E-state index contributed by atoms with van der Waals surface area (Å²) in [6, 6.07) is 0. The van der Waals surface area contributed by atoms with Crippen LogP contribution in [0.15, 0.2) is 9.66 Å². The summed E-state index contributed by atoms with van der Waals surface area (Å²) in [5.74, 6) is -0.188. The molecule has 0 aliphatic heterocycles. The second-order valence-electron chi connectivity index (χ2n) is 2.56. The molecule has 2 atom stereocenters. The zero-order valence-corrected chi connectivity index (χ0v) is 8.67. The van der Waals surface area contributed by atoms with Gasteiger partial charge in [0, 0.05) is 3.58 Å². The van der Waals surface area contributed by atoms with Crippen molar-refractivity contribution >= 4 is 39.4 Å². The lowest BCUT2D eigenvalue weighted by Gasteiger charge is -2.19. The van der Waals surface area contributed by atoms with Gasteiger partial charge in [-0.1, -0.05) is 6.08 Å². The van der Waals surface area contributed by atoms with Crippen molar-refractivity contribution in [2.45, 2.75) is 18.9 Å². The molecular formula is C7H8ClIO2. The molecule has 0 aromatic carbocycles. The molecule has 0 radical (unpaired) electrons. The van der Waals surface area contributed by atoms with E-state index in [9.17, 15) is 9.90 Å².